The summed E-state index contributed by atoms with van der Waals surface area (Å²) in [5.74, 6) is -0.123. The predicted octanol–water partition coefficient (Wildman–Crippen LogP) is 2.70. The Bertz CT molecular complexity index is 926. The summed E-state index contributed by atoms with van der Waals surface area (Å²) >= 11 is 6.14. The second-order valence-corrected chi connectivity index (χ2v) is 8.93. The number of carbonyl (C=O) groups excluding carboxylic acids is 1. The molecule has 1 aliphatic rings. The van der Waals surface area contributed by atoms with E-state index in [0.717, 1.165) is 29.3 Å². The van der Waals surface area contributed by atoms with Crippen molar-refractivity contribution in [2.75, 3.05) is 48.7 Å². The third-order valence-electron chi connectivity index (χ3n) is 4.72. The molecule has 0 atom stereocenters. The third kappa shape index (κ3) is 4.36. The summed E-state index contributed by atoms with van der Waals surface area (Å²) in [4.78, 5) is 16.9. The van der Waals surface area contributed by atoms with Gasteiger partial charge in [-0.1, -0.05) is 29.8 Å². The number of amides is 1. The van der Waals surface area contributed by atoms with Gasteiger partial charge in [0.2, 0.25) is 10.0 Å². The molecule has 0 bridgehead atoms. The summed E-state index contributed by atoms with van der Waals surface area (Å²) in [6, 6.07) is 14.8. The first-order valence-corrected chi connectivity index (χ1v) is 10.8. The van der Waals surface area contributed by atoms with Gasteiger partial charge in [-0.25, -0.2) is 8.42 Å². The van der Waals surface area contributed by atoms with Gasteiger partial charge >= 0.3 is 0 Å². The van der Waals surface area contributed by atoms with E-state index in [-0.39, 0.29) is 10.9 Å². The number of hydrogen-bond donors (Lipinski definition) is 0. The molecule has 1 heterocycles. The number of piperazine rings is 1. The minimum absolute atomic E-state index is 0.123. The molecule has 1 amide bonds. The van der Waals surface area contributed by atoms with E-state index in [0.29, 0.717) is 24.3 Å². The van der Waals surface area contributed by atoms with E-state index in [1.165, 1.54) is 13.1 Å². The summed E-state index contributed by atoms with van der Waals surface area (Å²) in [7, 11) is -2.05. The maximum atomic E-state index is 12.9. The van der Waals surface area contributed by atoms with Crippen LogP contribution < -0.4 is 9.21 Å². The highest BCUT2D eigenvalue weighted by Crippen LogP contribution is 2.28. The van der Waals surface area contributed by atoms with Crippen molar-refractivity contribution >= 4 is 38.9 Å². The average Bonchev–Trinajstić information content (AvgIpc) is 2.67. The lowest BCUT2D eigenvalue weighted by atomic mass is 10.1. The molecule has 2 aromatic rings. The highest BCUT2D eigenvalue weighted by atomic mass is 35.5. The number of carbonyl (C=O) groups is 1. The monoisotopic (exact) mass is 407 g/mol. The number of para-hydroxylation sites is 1. The van der Waals surface area contributed by atoms with Crippen LogP contribution in [0.1, 0.15) is 10.4 Å². The fourth-order valence-corrected chi connectivity index (χ4v) is 3.86. The van der Waals surface area contributed by atoms with Crippen LogP contribution in [0.25, 0.3) is 0 Å². The van der Waals surface area contributed by atoms with Crippen molar-refractivity contribution < 1.29 is 13.2 Å². The van der Waals surface area contributed by atoms with Gasteiger partial charge in [-0.3, -0.25) is 9.10 Å². The Morgan fingerprint density at radius 1 is 1.04 bits per heavy atom. The first-order valence-electron chi connectivity index (χ1n) is 8.60. The Balaban J connectivity index is 1.74. The van der Waals surface area contributed by atoms with Crippen molar-refractivity contribution in [2.45, 2.75) is 0 Å². The molecule has 0 aliphatic carbocycles. The molecular weight excluding hydrogens is 386 g/mol. The van der Waals surface area contributed by atoms with Gasteiger partial charge < -0.3 is 9.80 Å². The molecule has 0 radical (unpaired) electrons. The molecule has 0 aromatic heterocycles. The van der Waals surface area contributed by atoms with E-state index in [9.17, 15) is 13.2 Å². The fourth-order valence-electron chi connectivity index (χ4n) is 3.05. The van der Waals surface area contributed by atoms with Gasteiger partial charge in [0.1, 0.15) is 0 Å². The third-order valence-corrected chi connectivity index (χ3v) is 6.23. The first kappa shape index (κ1) is 19.5. The van der Waals surface area contributed by atoms with Gasteiger partial charge in [-0.2, -0.15) is 0 Å². The smallest absolute Gasteiger partial charge is 0.254 e. The van der Waals surface area contributed by atoms with Crippen LogP contribution in [0.3, 0.4) is 0 Å². The van der Waals surface area contributed by atoms with Crippen LogP contribution in [-0.4, -0.2) is 58.7 Å². The molecule has 8 heteroatoms. The SMILES string of the molecule is CN(c1cc(C(=O)N2CCN(c3ccccc3)CC2)ccc1Cl)S(C)(=O)=O. The van der Waals surface area contributed by atoms with Crippen LogP contribution in [0.15, 0.2) is 48.5 Å². The zero-order valence-corrected chi connectivity index (χ0v) is 16.9. The van der Waals surface area contributed by atoms with E-state index in [1.54, 1.807) is 17.0 Å². The maximum Gasteiger partial charge on any atom is 0.254 e. The summed E-state index contributed by atoms with van der Waals surface area (Å²) in [5, 5.41) is 0.286. The summed E-state index contributed by atoms with van der Waals surface area (Å²) in [6.45, 7) is 2.71. The summed E-state index contributed by atoms with van der Waals surface area (Å²) in [5.41, 5.74) is 1.87. The van der Waals surface area contributed by atoms with E-state index in [4.69, 9.17) is 11.6 Å². The van der Waals surface area contributed by atoms with Crippen molar-refractivity contribution in [3.8, 4) is 0 Å². The Hall–Kier alpha value is -2.25. The molecule has 0 saturated carbocycles. The Morgan fingerprint density at radius 2 is 1.67 bits per heavy atom. The van der Waals surface area contributed by atoms with E-state index >= 15 is 0 Å². The summed E-state index contributed by atoms with van der Waals surface area (Å²) < 4.78 is 24.7. The number of nitrogens with zero attached hydrogens (tertiary/aromatic N) is 3. The topological polar surface area (TPSA) is 60.9 Å². The highest BCUT2D eigenvalue weighted by Gasteiger charge is 2.24. The first-order chi connectivity index (χ1) is 12.8. The predicted molar refractivity (Wildman–Crippen MR) is 109 cm³/mol. The molecule has 1 aliphatic heterocycles. The molecule has 3 rings (SSSR count). The van der Waals surface area contributed by atoms with Crippen LogP contribution in [0.4, 0.5) is 11.4 Å². The van der Waals surface area contributed by atoms with Crippen LogP contribution in [-0.2, 0) is 10.0 Å². The summed E-state index contributed by atoms with van der Waals surface area (Å²) in [6.07, 6.45) is 1.10. The molecule has 144 valence electrons. The van der Waals surface area contributed by atoms with E-state index < -0.39 is 10.0 Å². The van der Waals surface area contributed by atoms with Crippen molar-refractivity contribution in [1.29, 1.82) is 0 Å². The largest absolute Gasteiger partial charge is 0.368 e. The second kappa shape index (κ2) is 7.78. The molecule has 1 saturated heterocycles. The number of anilines is 2. The van der Waals surface area contributed by atoms with Gasteiger partial charge in [0.05, 0.1) is 17.0 Å². The zero-order chi connectivity index (χ0) is 19.6. The number of hydrogen-bond acceptors (Lipinski definition) is 4. The number of sulfonamides is 1. The molecule has 0 unspecified atom stereocenters. The van der Waals surface area contributed by atoms with Crippen molar-refractivity contribution in [3.05, 3.63) is 59.1 Å². The lowest BCUT2D eigenvalue weighted by molar-refractivity contribution is 0.0747. The standard InChI is InChI=1S/C19H22ClN3O3S/c1-21(27(2,25)26)18-14-15(8-9-17(18)20)19(24)23-12-10-22(11-13-23)16-6-4-3-5-7-16/h3-9,14H,10-13H2,1-2H3. The van der Waals surface area contributed by atoms with Crippen molar-refractivity contribution in [1.82, 2.24) is 4.90 Å². The Kier molecular flexibility index (Phi) is 5.62. The lowest BCUT2D eigenvalue weighted by Crippen LogP contribution is -2.48. The number of halogens is 1. The van der Waals surface area contributed by atoms with Crippen LogP contribution in [0.5, 0.6) is 0 Å². The van der Waals surface area contributed by atoms with E-state index in [2.05, 4.69) is 17.0 Å². The van der Waals surface area contributed by atoms with Gasteiger partial charge in [0, 0.05) is 44.5 Å². The fraction of sp³-hybridized carbons (Fsp3) is 0.316. The van der Waals surface area contributed by atoms with Crippen LogP contribution >= 0.6 is 11.6 Å². The normalized spacial score (nSPS) is 14.9. The highest BCUT2D eigenvalue weighted by molar-refractivity contribution is 7.92. The zero-order valence-electron chi connectivity index (χ0n) is 15.3. The number of rotatable bonds is 4. The van der Waals surface area contributed by atoms with Gasteiger partial charge in [0.25, 0.3) is 5.91 Å². The minimum Gasteiger partial charge on any atom is -0.368 e. The van der Waals surface area contributed by atoms with Crippen molar-refractivity contribution in [3.63, 3.8) is 0 Å². The molecule has 6 nitrogen and oxygen atoms in total. The minimum atomic E-state index is -3.47. The molecule has 0 N–H and O–H groups in total. The maximum absolute atomic E-state index is 12.9. The van der Waals surface area contributed by atoms with Gasteiger partial charge in [-0.15, -0.1) is 0 Å². The lowest BCUT2D eigenvalue weighted by Gasteiger charge is -2.36. The molecule has 1 fully saturated rings. The van der Waals surface area contributed by atoms with Crippen LogP contribution in [0, 0.1) is 0 Å². The molecule has 0 spiro atoms. The quantitative estimate of drug-likeness (QED) is 0.781. The Morgan fingerprint density at radius 3 is 2.26 bits per heavy atom. The van der Waals surface area contributed by atoms with Gasteiger partial charge in [0.15, 0.2) is 0 Å². The van der Waals surface area contributed by atoms with E-state index in [1.807, 2.05) is 18.2 Å². The van der Waals surface area contributed by atoms with Crippen molar-refractivity contribution in [2.24, 2.45) is 0 Å². The number of benzene rings is 2. The van der Waals surface area contributed by atoms with Gasteiger partial charge in [-0.05, 0) is 30.3 Å². The van der Waals surface area contributed by atoms with Crippen LogP contribution in [0.2, 0.25) is 5.02 Å². The molecule has 2 aromatic carbocycles. The second-order valence-electron chi connectivity index (χ2n) is 6.51. The Labute approximate surface area is 165 Å². The molecule has 27 heavy (non-hydrogen) atoms. The molecular formula is C19H22ClN3O3S. The average molecular weight is 408 g/mol.